The largest absolute Gasteiger partial charge is 0.317 e. The van der Waals surface area contributed by atoms with Gasteiger partial charge in [0, 0.05) is 11.3 Å². The first-order valence-corrected chi connectivity index (χ1v) is 7.82. The smallest absolute Gasteiger partial charge is 0.0964 e. The zero-order valence-corrected chi connectivity index (χ0v) is 11.7. The molecule has 17 heavy (non-hydrogen) atoms. The van der Waals surface area contributed by atoms with E-state index in [9.17, 15) is 0 Å². The van der Waals surface area contributed by atoms with Gasteiger partial charge in [0.1, 0.15) is 0 Å². The van der Waals surface area contributed by atoms with E-state index in [1.165, 1.54) is 22.7 Å². The number of nitrogens with one attached hydrogen (secondary N) is 1. The van der Waals surface area contributed by atoms with Crippen molar-refractivity contribution in [1.82, 2.24) is 10.3 Å². The minimum atomic E-state index is 0.644. The molecule has 3 heterocycles. The molecule has 1 aliphatic rings. The Labute approximate surface area is 114 Å². The van der Waals surface area contributed by atoms with Crippen LogP contribution < -0.4 is 5.32 Å². The highest BCUT2D eigenvalue weighted by Gasteiger charge is 2.19. The second-order valence-electron chi connectivity index (χ2n) is 4.20. The van der Waals surface area contributed by atoms with Crippen molar-refractivity contribution in [3.63, 3.8) is 0 Å². The number of piperidine rings is 1. The van der Waals surface area contributed by atoms with Crippen LogP contribution in [-0.2, 0) is 0 Å². The highest BCUT2D eigenvalue weighted by atomic mass is 35.5. The molecular weight excluding hydrogens is 272 g/mol. The van der Waals surface area contributed by atoms with Crippen LogP contribution >= 0.6 is 34.3 Å². The van der Waals surface area contributed by atoms with Crippen LogP contribution in [0, 0.1) is 0 Å². The Balaban J connectivity index is 1.82. The maximum atomic E-state index is 5.95. The molecular formula is C12H13ClN2S2. The summed E-state index contributed by atoms with van der Waals surface area (Å²) < 4.78 is 0.830. The zero-order valence-electron chi connectivity index (χ0n) is 9.28. The van der Waals surface area contributed by atoms with Crippen molar-refractivity contribution in [3.05, 3.63) is 26.9 Å². The number of nitrogens with zero attached hydrogens (tertiary/aromatic N) is 1. The first kappa shape index (κ1) is 11.7. The lowest BCUT2D eigenvalue weighted by molar-refractivity contribution is 0.459. The van der Waals surface area contributed by atoms with Crippen molar-refractivity contribution in [3.8, 4) is 10.6 Å². The molecule has 0 unspecified atom stereocenters. The maximum Gasteiger partial charge on any atom is 0.0964 e. The molecule has 1 fully saturated rings. The SMILES string of the molecule is Clc1ccc(-c2csc(C3CCNCC3)n2)s1. The summed E-state index contributed by atoms with van der Waals surface area (Å²) >= 11 is 9.33. The zero-order chi connectivity index (χ0) is 11.7. The van der Waals surface area contributed by atoms with E-state index in [0.717, 1.165) is 23.1 Å². The van der Waals surface area contributed by atoms with E-state index in [0.29, 0.717) is 5.92 Å². The van der Waals surface area contributed by atoms with Gasteiger partial charge in [-0.2, -0.15) is 0 Å². The molecule has 2 nitrogen and oxygen atoms in total. The van der Waals surface area contributed by atoms with Gasteiger partial charge in [0.25, 0.3) is 0 Å². The third-order valence-corrected chi connectivity index (χ3v) is 5.30. The number of rotatable bonds is 2. The van der Waals surface area contributed by atoms with E-state index in [4.69, 9.17) is 16.6 Å². The predicted octanol–water partition coefficient (Wildman–Crippen LogP) is 3.99. The Morgan fingerprint density at radius 2 is 2.12 bits per heavy atom. The molecule has 0 bridgehead atoms. The monoisotopic (exact) mass is 284 g/mol. The molecule has 2 aromatic heterocycles. The average Bonchev–Trinajstić information content (AvgIpc) is 2.98. The van der Waals surface area contributed by atoms with E-state index in [1.54, 1.807) is 22.7 Å². The van der Waals surface area contributed by atoms with Crippen molar-refractivity contribution in [1.29, 1.82) is 0 Å². The molecule has 1 aliphatic heterocycles. The van der Waals surface area contributed by atoms with Crippen LogP contribution in [0.1, 0.15) is 23.8 Å². The van der Waals surface area contributed by atoms with Crippen molar-refractivity contribution < 1.29 is 0 Å². The second kappa shape index (κ2) is 5.06. The number of halogens is 1. The second-order valence-corrected chi connectivity index (χ2v) is 6.80. The number of hydrogen-bond acceptors (Lipinski definition) is 4. The summed E-state index contributed by atoms with van der Waals surface area (Å²) in [6.07, 6.45) is 2.41. The van der Waals surface area contributed by atoms with Crippen LogP contribution in [0.2, 0.25) is 4.34 Å². The van der Waals surface area contributed by atoms with E-state index >= 15 is 0 Å². The molecule has 5 heteroatoms. The van der Waals surface area contributed by atoms with Gasteiger partial charge in [-0.1, -0.05) is 11.6 Å². The lowest BCUT2D eigenvalue weighted by Gasteiger charge is -2.20. The van der Waals surface area contributed by atoms with Gasteiger partial charge >= 0.3 is 0 Å². The molecule has 0 atom stereocenters. The van der Waals surface area contributed by atoms with Crippen LogP contribution in [0.15, 0.2) is 17.5 Å². The molecule has 1 N–H and O–H groups in total. The topological polar surface area (TPSA) is 24.9 Å². The maximum absolute atomic E-state index is 5.95. The molecule has 2 aromatic rings. The summed E-state index contributed by atoms with van der Waals surface area (Å²) in [6.45, 7) is 2.23. The van der Waals surface area contributed by atoms with Gasteiger partial charge in [0.15, 0.2) is 0 Å². The van der Waals surface area contributed by atoms with Gasteiger partial charge in [-0.3, -0.25) is 0 Å². The first-order valence-electron chi connectivity index (χ1n) is 5.75. The van der Waals surface area contributed by atoms with Gasteiger partial charge in [-0.05, 0) is 38.1 Å². The Kier molecular flexibility index (Phi) is 3.47. The molecule has 0 aromatic carbocycles. The molecule has 0 saturated carbocycles. The summed E-state index contributed by atoms with van der Waals surface area (Å²) in [5.74, 6) is 0.644. The molecule has 90 valence electrons. The van der Waals surface area contributed by atoms with Crippen LogP contribution in [0.4, 0.5) is 0 Å². The molecule has 0 radical (unpaired) electrons. The van der Waals surface area contributed by atoms with Crippen LogP contribution in [0.25, 0.3) is 10.6 Å². The van der Waals surface area contributed by atoms with Crippen molar-refractivity contribution in [2.75, 3.05) is 13.1 Å². The highest BCUT2D eigenvalue weighted by Crippen LogP contribution is 2.35. The summed E-state index contributed by atoms with van der Waals surface area (Å²) in [5, 5.41) is 6.82. The van der Waals surface area contributed by atoms with Crippen molar-refractivity contribution >= 4 is 34.3 Å². The minimum Gasteiger partial charge on any atom is -0.317 e. The third-order valence-electron chi connectivity index (χ3n) is 3.04. The standard InChI is InChI=1S/C12H13ClN2S2/c13-11-2-1-10(17-11)9-7-16-12(15-9)8-3-5-14-6-4-8/h1-2,7-8,14H,3-6H2. The Morgan fingerprint density at radius 1 is 1.29 bits per heavy atom. The van der Waals surface area contributed by atoms with Crippen LogP contribution in [0.5, 0.6) is 0 Å². The van der Waals surface area contributed by atoms with Crippen LogP contribution in [-0.4, -0.2) is 18.1 Å². The quantitative estimate of drug-likeness (QED) is 0.902. The minimum absolute atomic E-state index is 0.644. The fourth-order valence-electron chi connectivity index (χ4n) is 2.11. The number of hydrogen-bond donors (Lipinski definition) is 1. The Hall–Kier alpha value is -0.420. The van der Waals surface area contributed by atoms with E-state index in [1.807, 2.05) is 12.1 Å². The molecule has 0 spiro atoms. The lowest BCUT2D eigenvalue weighted by Crippen LogP contribution is -2.26. The van der Waals surface area contributed by atoms with Gasteiger partial charge in [0.05, 0.1) is 19.9 Å². The van der Waals surface area contributed by atoms with Gasteiger partial charge in [-0.15, -0.1) is 22.7 Å². The predicted molar refractivity (Wildman–Crippen MR) is 75.3 cm³/mol. The highest BCUT2D eigenvalue weighted by molar-refractivity contribution is 7.19. The summed E-state index contributed by atoms with van der Waals surface area (Å²) in [7, 11) is 0. The molecule has 0 aliphatic carbocycles. The van der Waals surface area contributed by atoms with E-state index in [2.05, 4.69) is 10.7 Å². The van der Waals surface area contributed by atoms with Gasteiger partial charge < -0.3 is 5.32 Å². The lowest BCUT2D eigenvalue weighted by atomic mass is 9.99. The first-order chi connectivity index (χ1) is 8.33. The average molecular weight is 285 g/mol. The molecule has 0 amide bonds. The number of thiazole rings is 1. The number of thiophene rings is 1. The summed E-state index contributed by atoms with van der Waals surface area (Å²) in [4.78, 5) is 5.93. The third kappa shape index (κ3) is 2.55. The normalized spacial score (nSPS) is 17.5. The van der Waals surface area contributed by atoms with Gasteiger partial charge in [-0.25, -0.2) is 4.98 Å². The Bertz CT molecular complexity index is 500. The Morgan fingerprint density at radius 3 is 2.82 bits per heavy atom. The van der Waals surface area contributed by atoms with E-state index < -0.39 is 0 Å². The van der Waals surface area contributed by atoms with Crippen molar-refractivity contribution in [2.24, 2.45) is 0 Å². The molecule has 1 saturated heterocycles. The van der Waals surface area contributed by atoms with Gasteiger partial charge in [0.2, 0.25) is 0 Å². The van der Waals surface area contributed by atoms with Crippen molar-refractivity contribution in [2.45, 2.75) is 18.8 Å². The summed E-state index contributed by atoms with van der Waals surface area (Å²) in [5.41, 5.74) is 1.08. The molecule has 3 rings (SSSR count). The summed E-state index contributed by atoms with van der Waals surface area (Å²) in [6, 6.07) is 3.99. The van der Waals surface area contributed by atoms with Crippen LogP contribution in [0.3, 0.4) is 0 Å². The van der Waals surface area contributed by atoms with E-state index in [-0.39, 0.29) is 0 Å². The number of aromatic nitrogens is 1. The fourth-order valence-corrected chi connectivity index (χ4v) is 4.18. The fraction of sp³-hybridized carbons (Fsp3) is 0.417.